The van der Waals surface area contributed by atoms with E-state index in [0.717, 1.165) is 18.4 Å². The summed E-state index contributed by atoms with van der Waals surface area (Å²) in [4.78, 5) is 29.9. The molecule has 1 fully saturated rings. The molecular weight excluding hydrogens is 371 g/mol. The quantitative estimate of drug-likeness (QED) is 0.764. The first kappa shape index (κ1) is 20.6. The number of aliphatic hydroxyl groups is 1. The van der Waals surface area contributed by atoms with E-state index in [9.17, 15) is 14.0 Å². The van der Waals surface area contributed by atoms with E-state index in [1.807, 2.05) is 6.07 Å². The number of hydrogen-bond acceptors (Lipinski definition) is 4. The zero-order chi connectivity index (χ0) is 20.6. The molecule has 1 aliphatic rings. The van der Waals surface area contributed by atoms with Crippen molar-refractivity contribution >= 4 is 23.8 Å². The average Bonchev–Trinajstić information content (AvgIpc) is 2.76. The predicted octanol–water partition coefficient (Wildman–Crippen LogP) is 3.21. The molecule has 5 nitrogen and oxygen atoms in total. The van der Waals surface area contributed by atoms with Crippen molar-refractivity contribution in [1.82, 2.24) is 9.88 Å². The summed E-state index contributed by atoms with van der Waals surface area (Å²) in [6, 6.07) is 11.8. The minimum atomic E-state index is -0.545. The summed E-state index contributed by atoms with van der Waals surface area (Å²) in [6.07, 6.45) is 7.72. The standard InChI is InChI=1S/C23H23FN2O3/c24-19-6-1-4-17(14-19)18-5-3-13-26(15-18)23(29)12-10-21-8-2-7-20(25-21)9-11-22(28)16-27/h1-2,4,6-12,14,18,27H,3,5,13,15-16H2/b11-9+,12-10+. The van der Waals surface area contributed by atoms with Gasteiger partial charge in [-0.15, -0.1) is 0 Å². The van der Waals surface area contributed by atoms with E-state index < -0.39 is 12.4 Å². The Labute approximate surface area is 169 Å². The Kier molecular flexibility index (Phi) is 7.03. The Hall–Kier alpha value is -3.12. The summed E-state index contributed by atoms with van der Waals surface area (Å²) in [6.45, 7) is 0.692. The molecule has 0 radical (unpaired) electrons. The van der Waals surface area contributed by atoms with E-state index in [4.69, 9.17) is 5.11 Å². The Balaban J connectivity index is 1.64. The summed E-state index contributed by atoms with van der Waals surface area (Å²) in [5.41, 5.74) is 2.08. The van der Waals surface area contributed by atoms with Gasteiger partial charge in [0.05, 0.1) is 11.4 Å². The van der Waals surface area contributed by atoms with Crippen LogP contribution in [0.5, 0.6) is 0 Å². The van der Waals surface area contributed by atoms with Gasteiger partial charge >= 0.3 is 0 Å². The molecule has 150 valence electrons. The van der Waals surface area contributed by atoms with Crippen molar-refractivity contribution in [2.24, 2.45) is 0 Å². The molecule has 1 aliphatic heterocycles. The van der Waals surface area contributed by atoms with Crippen molar-refractivity contribution in [3.63, 3.8) is 0 Å². The Morgan fingerprint density at radius 3 is 2.59 bits per heavy atom. The molecule has 1 unspecified atom stereocenters. The molecule has 0 bridgehead atoms. The predicted molar refractivity (Wildman–Crippen MR) is 109 cm³/mol. The first-order chi connectivity index (χ1) is 14.0. The molecule has 0 saturated carbocycles. The average molecular weight is 394 g/mol. The third kappa shape index (κ3) is 5.93. The molecule has 3 rings (SSSR count). The highest BCUT2D eigenvalue weighted by atomic mass is 19.1. The van der Waals surface area contributed by atoms with Crippen LogP contribution >= 0.6 is 0 Å². The van der Waals surface area contributed by atoms with Crippen LogP contribution in [0.4, 0.5) is 4.39 Å². The first-order valence-corrected chi connectivity index (χ1v) is 9.56. The fourth-order valence-corrected chi connectivity index (χ4v) is 3.36. The van der Waals surface area contributed by atoms with Crippen LogP contribution < -0.4 is 0 Å². The van der Waals surface area contributed by atoms with Gasteiger partial charge in [-0.25, -0.2) is 9.37 Å². The van der Waals surface area contributed by atoms with Gasteiger partial charge < -0.3 is 10.0 Å². The third-order valence-electron chi connectivity index (χ3n) is 4.84. The minimum Gasteiger partial charge on any atom is -0.388 e. The number of likely N-dealkylation sites (tertiary alicyclic amines) is 1. The number of amides is 1. The Bertz CT molecular complexity index is 939. The fraction of sp³-hybridized carbons (Fsp3) is 0.261. The van der Waals surface area contributed by atoms with Crippen LogP contribution in [0.3, 0.4) is 0 Å². The number of nitrogens with zero attached hydrogens (tertiary/aromatic N) is 2. The molecule has 0 aliphatic carbocycles. The number of carbonyl (C=O) groups excluding carboxylic acids is 2. The lowest BCUT2D eigenvalue weighted by molar-refractivity contribution is -0.127. The lowest BCUT2D eigenvalue weighted by atomic mass is 9.90. The van der Waals surface area contributed by atoms with Crippen LogP contribution in [0.2, 0.25) is 0 Å². The maximum Gasteiger partial charge on any atom is 0.246 e. The van der Waals surface area contributed by atoms with E-state index in [-0.39, 0.29) is 17.6 Å². The molecule has 2 heterocycles. The van der Waals surface area contributed by atoms with Gasteiger partial charge in [-0.05, 0) is 60.9 Å². The maximum atomic E-state index is 13.5. The molecule has 2 aromatic rings. The molecule has 1 amide bonds. The number of rotatable bonds is 6. The molecule has 1 aromatic carbocycles. The first-order valence-electron chi connectivity index (χ1n) is 9.56. The maximum absolute atomic E-state index is 13.5. The normalized spacial score (nSPS) is 17.2. The van der Waals surface area contributed by atoms with Gasteiger partial charge in [-0.2, -0.15) is 0 Å². The number of aromatic nitrogens is 1. The number of ketones is 1. The summed E-state index contributed by atoms with van der Waals surface area (Å²) >= 11 is 0. The highest BCUT2D eigenvalue weighted by Crippen LogP contribution is 2.27. The topological polar surface area (TPSA) is 70.5 Å². The highest BCUT2D eigenvalue weighted by Gasteiger charge is 2.23. The van der Waals surface area contributed by atoms with E-state index in [0.29, 0.717) is 24.5 Å². The number of halogens is 1. The summed E-state index contributed by atoms with van der Waals surface area (Å²) in [7, 11) is 0. The molecule has 0 spiro atoms. The van der Waals surface area contributed by atoms with Crippen molar-refractivity contribution in [3.8, 4) is 0 Å². The van der Waals surface area contributed by atoms with Crippen molar-refractivity contribution in [2.45, 2.75) is 18.8 Å². The smallest absolute Gasteiger partial charge is 0.246 e. The zero-order valence-electron chi connectivity index (χ0n) is 16.0. The molecule has 29 heavy (non-hydrogen) atoms. The van der Waals surface area contributed by atoms with Crippen LogP contribution in [-0.4, -0.2) is 46.4 Å². The fourth-order valence-electron chi connectivity index (χ4n) is 3.36. The summed E-state index contributed by atoms with van der Waals surface area (Å²) in [5.74, 6) is -0.635. The van der Waals surface area contributed by atoms with Crippen LogP contribution in [0.25, 0.3) is 12.2 Å². The number of hydrogen-bond donors (Lipinski definition) is 1. The number of aliphatic hydroxyl groups excluding tert-OH is 1. The molecule has 1 atom stereocenters. The SMILES string of the molecule is O=C(/C=C/c1cccc(/C=C/C(=O)N2CCCC(c3cccc(F)c3)C2)n1)CO. The molecule has 1 aromatic heterocycles. The van der Waals surface area contributed by atoms with Gasteiger partial charge in [-0.3, -0.25) is 9.59 Å². The van der Waals surface area contributed by atoms with Crippen molar-refractivity contribution in [2.75, 3.05) is 19.7 Å². The Morgan fingerprint density at radius 1 is 1.14 bits per heavy atom. The van der Waals surface area contributed by atoms with Crippen molar-refractivity contribution < 1.29 is 19.1 Å². The van der Waals surface area contributed by atoms with Gasteiger partial charge in [0, 0.05) is 25.1 Å². The van der Waals surface area contributed by atoms with Gasteiger partial charge in [0.25, 0.3) is 0 Å². The lowest BCUT2D eigenvalue weighted by Crippen LogP contribution is -2.38. The van der Waals surface area contributed by atoms with Crippen LogP contribution in [-0.2, 0) is 9.59 Å². The van der Waals surface area contributed by atoms with Gasteiger partial charge in [0.1, 0.15) is 12.4 Å². The summed E-state index contributed by atoms with van der Waals surface area (Å²) in [5, 5.41) is 8.75. The van der Waals surface area contributed by atoms with Gasteiger partial charge in [-0.1, -0.05) is 18.2 Å². The number of piperidine rings is 1. The monoisotopic (exact) mass is 394 g/mol. The van der Waals surface area contributed by atoms with E-state index in [1.54, 1.807) is 41.3 Å². The van der Waals surface area contributed by atoms with Crippen LogP contribution in [0, 0.1) is 5.82 Å². The Morgan fingerprint density at radius 2 is 1.86 bits per heavy atom. The summed E-state index contributed by atoms with van der Waals surface area (Å²) < 4.78 is 13.5. The van der Waals surface area contributed by atoms with Crippen molar-refractivity contribution in [1.29, 1.82) is 0 Å². The second kappa shape index (κ2) is 9.89. The highest BCUT2D eigenvalue weighted by molar-refractivity contribution is 5.94. The van der Waals surface area contributed by atoms with E-state index >= 15 is 0 Å². The number of pyridine rings is 1. The van der Waals surface area contributed by atoms with Crippen molar-refractivity contribution in [3.05, 3.63) is 77.4 Å². The number of benzene rings is 1. The molecule has 1 N–H and O–H groups in total. The largest absolute Gasteiger partial charge is 0.388 e. The lowest BCUT2D eigenvalue weighted by Gasteiger charge is -2.32. The second-order valence-electron chi connectivity index (χ2n) is 6.96. The number of carbonyl (C=O) groups is 2. The molecular formula is C23H23FN2O3. The van der Waals surface area contributed by atoms with E-state index in [1.165, 1.54) is 24.3 Å². The molecule has 6 heteroatoms. The van der Waals surface area contributed by atoms with E-state index in [2.05, 4.69) is 4.98 Å². The van der Waals surface area contributed by atoms with Crippen LogP contribution in [0.1, 0.15) is 35.7 Å². The third-order valence-corrected chi connectivity index (χ3v) is 4.84. The van der Waals surface area contributed by atoms with Gasteiger partial charge in [0.2, 0.25) is 5.91 Å². The van der Waals surface area contributed by atoms with Crippen LogP contribution in [0.15, 0.2) is 54.6 Å². The minimum absolute atomic E-state index is 0.107. The van der Waals surface area contributed by atoms with Gasteiger partial charge in [0.15, 0.2) is 5.78 Å². The molecule has 1 saturated heterocycles. The second-order valence-corrected chi connectivity index (χ2v) is 6.96. The zero-order valence-corrected chi connectivity index (χ0v) is 16.0.